The zero-order chi connectivity index (χ0) is 15.5. The Bertz CT molecular complexity index is 670. The second-order valence-electron chi connectivity index (χ2n) is 5.67. The predicted octanol–water partition coefficient (Wildman–Crippen LogP) is 1.03. The second-order valence-corrected chi connectivity index (χ2v) is 5.67. The summed E-state index contributed by atoms with van der Waals surface area (Å²) in [7, 11) is 1.97. The number of carbonyl (C=O) groups is 2. The third-order valence-electron chi connectivity index (χ3n) is 4.08. The highest BCUT2D eigenvalue weighted by atomic mass is 16.2. The van der Waals surface area contributed by atoms with Crippen LogP contribution in [-0.4, -0.2) is 24.9 Å². The minimum atomic E-state index is -0.312. The van der Waals surface area contributed by atoms with E-state index in [1.54, 1.807) is 12.1 Å². The molecule has 0 radical (unpaired) electrons. The van der Waals surface area contributed by atoms with E-state index in [-0.39, 0.29) is 24.3 Å². The van der Waals surface area contributed by atoms with Gasteiger partial charge in [0.15, 0.2) is 6.04 Å². The maximum atomic E-state index is 12.6. The van der Waals surface area contributed by atoms with Crippen LogP contribution in [0, 0.1) is 0 Å². The number of para-hydroxylation sites is 1. The summed E-state index contributed by atoms with van der Waals surface area (Å²) in [4.78, 5) is 27.2. The minimum absolute atomic E-state index is 0.107. The molecule has 0 aliphatic carbocycles. The highest BCUT2D eigenvalue weighted by Crippen LogP contribution is 2.21. The number of nitrogens with one attached hydrogen (secondary N) is 1. The molecule has 0 bridgehead atoms. The number of hydrogen-bond donors (Lipinski definition) is 1. The first-order valence-corrected chi connectivity index (χ1v) is 7.45. The molecule has 1 unspecified atom stereocenters. The monoisotopic (exact) mass is 295 g/mol. The lowest BCUT2D eigenvalue weighted by Gasteiger charge is -2.20. The summed E-state index contributed by atoms with van der Waals surface area (Å²) in [6.45, 7) is 0.729. The van der Waals surface area contributed by atoms with Gasteiger partial charge in [-0.15, -0.1) is 0 Å². The summed E-state index contributed by atoms with van der Waals surface area (Å²) in [6.07, 6.45) is 0.270. The fourth-order valence-electron chi connectivity index (χ4n) is 2.91. The Hall–Kier alpha value is -2.46. The van der Waals surface area contributed by atoms with Crippen molar-refractivity contribution in [3.63, 3.8) is 0 Å². The van der Waals surface area contributed by atoms with Gasteiger partial charge in [-0.3, -0.25) is 9.59 Å². The van der Waals surface area contributed by atoms with Crippen molar-refractivity contribution in [1.82, 2.24) is 0 Å². The van der Waals surface area contributed by atoms with Gasteiger partial charge >= 0.3 is 0 Å². The van der Waals surface area contributed by atoms with E-state index in [0.29, 0.717) is 5.69 Å². The first-order chi connectivity index (χ1) is 10.7. The molecule has 1 fully saturated rings. The van der Waals surface area contributed by atoms with Crippen LogP contribution in [0.1, 0.15) is 12.0 Å². The molecule has 2 atom stereocenters. The molecule has 1 saturated heterocycles. The van der Waals surface area contributed by atoms with E-state index >= 15 is 0 Å². The first-order valence-electron chi connectivity index (χ1n) is 7.45. The van der Waals surface area contributed by atoms with Gasteiger partial charge in [0, 0.05) is 5.56 Å². The summed E-state index contributed by atoms with van der Waals surface area (Å²) in [5.41, 5.74) is 1.82. The van der Waals surface area contributed by atoms with Crippen molar-refractivity contribution < 1.29 is 14.5 Å². The predicted molar refractivity (Wildman–Crippen MR) is 84.4 cm³/mol. The Kier molecular flexibility index (Phi) is 4.02. The number of hydrogen-bond acceptors (Lipinski definition) is 2. The van der Waals surface area contributed by atoms with E-state index in [1.165, 1.54) is 10.5 Å². The van der Waals surface area contributed by atoms with Crippen LogP contribution in [0.4, 0.5) is 5.69 Å². The number of quaternary nitrogens is 1. The number of carbonyl (C=O) groups excluding carboxylic acids is 2. The van der Waals surface area contributed by atoms with Crippen molar-refractivity contribution in [2.45, 2.75) is 19.0 Å². The van der Waals surface area contributed by atoms with Crippen LogP contribution in [0.5, 0.6) is 0 Å². The van der Waals surface area contributed by atoms with Crippen LogP contribution in [0.2, 0.25) is 0 Å². The molecule has 2 amide bonds. The van der Waals surface area contributed by atoms with Crippen molar-refractivity contribution in [3.8, 4) is 0 Å². The fourth-order valence-corrected chi connectivity index (χ4v) is 2.91. The molecule has 4 heteroatoms. The normalized spacial score (nSPS) is 19.5. The minimum Gasteiger partial charge on any atom is -0.323 e. The summed E-state index contributed by atoms with van der Waals surface area (Å²) in [6, 6.07) is 18.9. The topological polar surface area (TPSA) is 41.8 Å². The standard InChI is InChI=1S/C18H18N2O2/c1-19(13-14-8-4-2-5-9-14)16-12-17(21)20(18(16)22)15-10-6-3-7-11-15/h2-11,16H,12-13H2,1H3/p+1/t16-/m1/s1. The maximum absolute atomic E-state index is 12.6. The molecule has 2 aromatic carbocycles. The number of anilines is 1. The van der Waals surface area contributed by atoms with Gasteiger partial charge in [-0.05, 0) is 12.1 Å². The molecular formula is C18H19N2O2+. The zero-order valence-corrected chi connectivity index (χ0v) is 12.5. The van der Waals surface area contributed by atoms with Crippen molar-refractivity contribution in [2.75, 3.05) is 11.9 Å². The molecule has 1 aliphatic heterocycles. The smallest absolute Gasteiger partial charge is 0.292 e. The number of likely N-dealkylation sites (N-methyl/N-ethyl adjacent to an activating group) is 1. The van der Waals surface area contributed by atoms with Crippen LogP contribution in [-0.2, 0) is 16.1 Å². The lowest BCUT2D eigenvalue weighted by Crippen LogP contribution is -3.12. The van der Waals surface area contributed by atoms with Gasteiger partial charge < -0.3 is 4.90 Å². The number of benzene rings is 2. The van der Waals surface area contributed by atoms with Crippen LogP contribution in [0.25, 0.3) is 0 Å². The average molecular weight is 295 g/mol. The lowest BCUT2D eigenvalue weighted by molar-refractivity contribution is -0.908. The van der Waals surface area contributed by atoms with Gasteiger partial charge in [0.25, 0.3) is 5.91 Å². The van der Waals surface area contributed by atoms with Gasteiger partial charge in [0.05, 0.1) is 19.2 Å². The molecule has 1 aliphatic rings. The molecule has 112 valence electrons. The molecule has 3 rings (SSSR count). The quantitative estimate of drug-likeness (QED) is 0.856. The lowest BCUT2D eigenvalue weighted by atomic mass is 10.1. The number of rotatable bonds is 4. The number of nitrogens with zero attached hydrogens (tertiary/aromatic N) is 1. The van der Waals surface area contributed by atoms with Crippen LogP contribution < -0.4 is 9.80 Å². The summed E-state index contributed by atoms with van der Waals surface area (Å²) >= 11 is 0. The van der Waals surface area contributed by atoms with Crippen LogP contribution in [0.3, 0.4) is 0 Å². The Morgan fingerprint density at radius 2 is 1.59 bits per heavy atom. The summed E-state index contributed by atoms with van der Waals surface area (Å²) in [5.74, 6) is -0.224. The van der Waals surface area contributed by atoms with Crippen LogP contribution in [0.15, 0.2) is 60.7 Å². The maximum Gasteiger partial charge on any atom is 0.292 e. The van der Waals surface area contributed by atoms with Crippen LogP contribution >= 0.6 is 0 Å². The second kappa shape index (κ2) is 6.12. The van der Waals surface area contributed by atoms with E-state index in [2.05, 4.69) is 0 Å². The van der Waals surface area contributed by atoms with E-state index in [9.17, 15) is 9.59 Å². The number of amides is 2. The van der Waals surface area contributed by atoms with E-state index in [1.807, 2.05) is 55.6 Å². The Balaban J connectivity index is 1.76. The Labute approximate surface area is 130 Å². The molecule has 1 N–H and O–H groups in total. The third kappa shape index (κ3) is 2.78. The third-order valence-corrected chi connectivity index (χ3v) is 4.08. The SMILES string of the molecule is C[NH+](Cc1ccccc1)[C@@H]1CC(=O)N(c2ccccc2)C1=O. The molecular weight excluding hydrogens is 276 g/mol. The summed E-state index contributed by atoms with van der Waals surface area (Å²) in [5, 5.41) is 0. The largest absolute Gasteiger partial charge is 0.323 e. The van der Waals surface area contributed by atoms with Gasteiger partial charge in [0.2, 0.25) is 5.91 Å². The molecule has 0 aromatic heterocycles. The van der Waals surface area contributed by atoms with E-state index in [0.717, 1.165) is 11.4 Å². The van der Waals surface area contributed by atoms with Crippen molar-refractivity contribution in [2.24, 2.45) is 0 Å². The van der Waals surface area contributed by atoms with Crippen molar-refractivity contribution >= 4 is 17.5 Å². The molecule has 1 heterocycles. The fraction of sp³-hybridized carbons (Fsp3) is 0.222. The van der Waals surface area contributed by atoms with Gasteiger partial charge in [-0.2, -0.15) is 0 Å². The zero-order valence-electron chi connectivity index (χ0n) is 12.5. The average Bonchev–Trinajstić information content (AvgIpc) is 2.84. The number of imide groups is 1. The summed E-state index contributed by atoms with van der Waals surface area (Å²) < 4.78 is 0. The Morgan fingerprint density at radius 1 is 1.00 bits per heavy atom. The molecule has 22 heavy (non-hydrogen) atoms. The Morgan fingerprint density at radius 3 is 2.23 bits per heavy atom. The van der Waals surface area contributed by atoms with E-state index < -0.39 is 0 Å². The highest BCUT2D eigenvalue weighted by Gasteiger charge is 2.44. The molecule has 4 nitrogen and oxygen atoms in total. The highest BCUT2D eigenvalue weighted by molar-refractivity contribution is 6.21. The molecule has 0 spiro atoms. The van der Waals surface area contributed by atoms with Gasteiger partial charge in [0.1, 0.15) is 6.54 Å². The van der Waals surface area contributed by atoms with Gasteiger partial charge in [-0.1, -0.05) is 48.5 Å². The van der Waals surface area contributed by atoms with Crippen molar-refractivity contribution in [3.05, 3.63) is 66.2 Å². The van der Waals surface area contributed by atoms with Gasteiger partial charge in [-0.25, -0.2) is 4.90 Å². The molecule has 0 saturated carbocycles. The van der Waals surface area contributed by atoms with E-state index in [4.69, 9.17) is 0 Å². The first kappa shape index (κ1) is 14.5. The molecule has 2 aromatic rings. The van der Waals surface area contributed by atoms with Crippen molar-refractivity contribution in [1.29, 1.82) is 0 Å².